The van der Waals surface area contributed by atoms with Crippen molar-refractivity contribution >= 4 is 38.9 Å². The molecule has 2 aromatic rings. The first-order chi connectivity index (χ1) is 9.13. The predicted molar refractivity (Wildman–Crippen MR) is 77.1 cm³/mol. The largest absolute Gasteiger partial charge is 0.508 e. The summed E-state index contributed by atoms with van der Waals surface area (Å²) in [5.41, 5.74) is 2.52. The molecule has 1 amide bonds. The molecule has 0 spiro atoms. The monoisotopic (exact) mass is 316 g/mol. The van der Waals surface area contributed by atoms with E-state index < -0.39 is 0 Å². The smallest absolute Gasteiger partial charge is 0.275 e. The highest BCUT2D eigenvalue weighted by Crippen LogP contribution is 2.28. The molecule has 1 aliphatic heterocycles. The third-order valence-electron chi connectivity index (χ3n) is 2.79. The lowest BCUT2D eigenvalue weighted by Crippen LogP contribution is -2.13. The van der Waals surface area contributed by atoms with E-state index in [2.05, 4.69) is 26.2 Å². The number of amides is 1. The summed E-state index contributed by atoms with van der Waals surface area (Å²) in [6, 6.07) is 11.9. The van der Waals surface area contributed by atoms with Gasteiger partial charge < -0.3 is 10.4 Å². The molecule has 0 fully saturated rings. The molecular formula is C14H9BrN2O2. The minimum absolute atomic E-state index is 0.169. The molecule has 19 heavy (non-hydrogen) atoms. The highest BCUT2D eigenvalue weighted by Gasteiger charge is 2.25. The lowest BCUT2D eigenvalue weighted by Gasteiger charge is -1.99. The molecule has 0 saturated heterocycles. The van der Waals surface area contributed by atoms with Gasteiger partial charge in [-0.05, 0) is 42.5 Å². The molecule has 0 atom stereocenters. The van der Waals surface area contributed by atoms with Gasteiger partial charge in [0.15, 0.2) is 0 Å². The van der Waals surface area contributed by atoms with Gasteiger partial charge in [0, 0.05) is 10.0 Å². The van der Waals surface area contributed by atoms with E-state index in [1.165, 1.54) is 12.1 Å². The fourth-order valence-electron chi connectivity index (χ4n) is 1.89. The van der Waals surface area contributed by atoms with Gasteiger partial charge in [0.1, 0.15) is 11.5 Å². The fourth-order valence-corrected chi connectivity index (χ4v) is 2.25. The summed E-state index contributed by atoms with van der Waals surface area (Å²) in [6.07, 6.45) is 0. The van der Waals surface area contributed by atoms with Crippen molar-refractivity contribution in [3.05, 3.63) is 52.5 Å². The van der Waals surface area contributed by atoms with Crippen LogP contribution in [-0.2, 0) is 4.79 Å². The van der Waals surface area contributed by atoms with Crippen molar-refractivity contribution in [1.29, 1.82) is 0 Å². The molecule has 2 N–H and O–H groups in total. The van der Waals surface area contributed by atoms with E-state index in [-0.39, 0.29) is 11.7 Å². The van der Waals surface area contributed by atoms with E-state index in [1.807, 2.05) is 18.2 Å². The molecular weight excluding hydrogens is 308 g/mol. The van der Waals surface area contributed by atoms with Crippen molar-refractivity contribution in [2.75, 3.05) is 5.32 Å². The Kier molecular flexibility index (Phi) is 2.83. The van der Waals surface area contributed by atoms with E-state index >= 15 is 0 Å². The summed E-state index contributed by atoms with van der Waals surface area (Å²) in [7, 11) is 0. The van der Waals surface area contributed by atoms with E-state index in [0.29, 0.717) is 11.4 Å². The number of carbonyl (C=O) groups is 1. The minimum atomic E-state index is -0.221. The normalized spacial score (nSPS) is 15.4. The maximum absolute atomic E-state index is 11.9. The number of nitrogens with zero attached hydrogens (tertiary/aromatic N) is 1. The molecule has 0 saturated carbocycles. The quantitative estimate of drug-likeness (QED) is 0.848. The van der Waals surface area contributed by atoms with Crippen molar-refractivity contribution in [2.45, 2.75) is 0 Å². The number of aliphatic imine (C=N–C) groups is 1. The Balaban J connectivity index is 2.08. The second-order valence-electron chi connectivity index (χ2n) is 4.12. The third-order valence-corrected chi connectivity index (χ3v) is 3.28. The molecule has 1 heterocycles. The van der Waals surface area contributed by atoms with Crippen LogP contribution in [0.25, 0.3) is 0 Å². The van der Waals surface area contributed by atoms with Crippen molar-refractivity contribution in [1.82, 2.24) is 0 Å². The van der Waals surface area contributed by atoms with Gasteiger partial charge in [-0.25, -0.2) is 4.99 Å². The van der Waals surface area contributed by atoms with Crippen LogP contribution in [-0.4, -0.2) is 16.7 Å². The number of phenols is 1. The fraction of sp³-hybridized carbons (Fsp3) is 0. The van der Waals surface area contributed by atoms with Gasteiger partial charge in [0.05, 0.1) is 11.4 Å². The van der Waals surface area contributed by atoms with Crippen molar-refractivity contribution in [2.24, 2.45) is 4.99 Å². The number of fused-ring (bicyclic) bond motifs is 1. The van der Waals surface area contributed by atoms with Gasteiger partial charge in [0.2, 0.25) is 0 Å². The molecule has 1 aliphatic rings. The standard InChI is InChI=1S/C14H9BrN2O2/c15-8-1-6-12-11(7-8)13(14(19)17-12)16-9-2-4-10(18)5-3-9/h1-7,18H,(H,16,17,19). The Morgan fingerprint density at radius 2 is 1.84 bits per heavy atom. The average molecular weight is 317 g/mol. The van der Waals surface area contributed by atoms with Crippen LogP contribution in [0.1, 0.15) is 5.56 Å². The molecule has 0 unspecified atom stereocenters. The zero-order valence-electron chi connectivity index (χ0n) is 9.72. The van der Waals surface area contributed by atoms with Gasteiger partial charge in [-0.3, -0.25) is 4.79 Å². The Bertz CT molecular complexity index is 693. The number of carbonyl (C=O) groups excluding carboxylic acids is 1. The highest BCUT2D eigenvalue weighted by atomic mass is 79.9. The summed E-state index contributed by atoms with van der Waals surface area (Å²) in [4.78, 5) is 16.2. The second-order valence-corrected chi connectivity index (χ2v) is 5.04. The van der Waals surface area contributed by atoms with Crippen molar-refractivity contribution in [3.63, 3.8) is 0 Å². The maximum atomic E-state index is 11.9. The summed E-state index contributed by atoms with van der Waals surface area (Å²) in [5.74, 6) is -0.0517. The van der Waals surface area contributed by atoms with Gasteiger partial charge in [-0.15, -0.1) is 0 Å². The number of anilines is 1. The van der Waals surface area contributed by atoms with Crippen LogP contribution >= 0.6 is 15.9 Å². The number of hydrogen-bond donors (Lipinski definition) is 2. The minimum Gasteiger partial charge on any atom is -0.508 e. The summed E-state index contributed by atoms with van der Waals surface area (Å²) < 4.78 is 0.890. The molecule has 0 radical (unpaired) electrons. The Hall–Kier alpha value is -2.14. The average Bonchev–Trinajstić information content (AvgIpc) is 2.69. The summed E-state index contributed by atoms with van der Waals surface area (Å²) in [5, 5.41) is 12.0. The van der Waals surface area contributed by atoms with Gasteiger partial charge in [0.25, 0.3) is 5.91 Å². The van der Waals surface area contributed by atoms with E-state index in [0.717, 1.165) is 15.7 Å². The molecule has 2 aromatic carbocycles. The Morgan fingerprint density at radius 1 is 1.11 bits per heavy atom. The molecule has 5 heteroatoms. The molecule has 4 nitrogen and oxygen atoms in total. The first-order valence-corrected chi connectivity index (χ1v) is 6.42. The van der Waals surface area contributed by atoms with E-state index in [4.69, 9.17) is 0 Å². The number of hydrogen-bond acceptors (Lipinski definition) is 3. The first kappa shape index (κ1) is 11.9. The van der Waals surface area contributed by atoms with Crippen molar-refractivity contribution in [3.8, 4) is 5.75 Å². The van der Waals surface area contributed by atoms with Crippen LogP contribution in [0.5, 0.6) is 5.75 Å². The SMILES string of the molecule is O=C1Nc2ccc(Br)cc2C1=Nc1ccc(O)cc1. The number of nitrogens with one attached hydrogen (secondary N) is 1. The molecule has 0 aromatic heterocycles. The molecule has 0 bridgehead atoms. The van der Waals surface area contributed by atoms with Crippen LogP contribution in [0.2, 0.25) is 0 Å². The van der Waals surface area contributed by atoms with Gasteiger partial charge in [-0.1, -0.05) is 15.9 Å². The Morgan fingerprint density at radius 3 is 2.58 bits per heavy atom. The topological polar surface area (TPSA) is 61.7 Å². The zero-order chi connectivity index (χ0) is 13.4. The molecule has 3 rings (SSSR count). The lowest BCUT2D eigenvalue weighted by atomic mass is 10.1. The second kappa shape index (κ2) is 4.51. The highest BCUT2D eigenvalue weighted by molar-refractivity contribution is 9.10. The number of benzene rings is 2. The number of aromatic hydroxyl groups is 1. The van der Waals surface area contributed by atoms with Crippen LogP contribution in [0.15, 0.2) is 51.9 Å². The van der Waals surface area contributed by atoms with Crippen LogP contribution < -0.4 is 5.32 Å². The van der Waals surface area contributed by atoms with Gasteiger partial charge in [-0.2, -0.15) is 0 Å². The molecule has 94 valence electrons. The van der Waals surface area contributed by atoms with Gasteiger partial charge >= 0.3 is 0 Å². The lowest BCUT2D eigenvalue weighted by molar-refractivity contribution is -0.110. The van der Waals surface area contributed by atoms with Crippen LogP contribution in [0, 0.1) is 0 Å². The first-order valence-electron chi connectivity index (χ1n) is 5.62. The number of halogens is 1. The summed E-state index contributed by atoms with van der Waals surface area (Å²) >= 11 is 3.38. The maximum Gasteiger partial charge on any atom is 0.275 e. The van der Waals surface area contributed by atoms with Crippen LogP contribution in [0.4, 0.5) is 11.4 Å². The molecule has 0 aliphatic carbocycles. The van der Waals surface area contributed by atoms with Crippen molar-refractivity contribution < 1.29 is 9.90 Å². The number of rotatable bonds is 1. The van der Waals surface area contributed by atoms with Crippen LogP contribution in [0.3, 0.4) is 0 Å². The Labute approximate surface area is 117 Å². The third kappa shape index (κ3) is 2.24. The number of phenolic OH excluding ortho intramolecular Hbond substituents is 1. The van der Waals surface area contributed by atoms with E-state index in [9.17, 15) is 9.90 Å². The predicted octanol–water partition coefficient (Wildman–Crippen LogP) is 3.23. The zero-order valence-corrected chi connectivity index (χ0v) is 11.3. The van der Waals surface area contributed by atoms with E-state index in [1.54, 1.807) is 12.1 Å². The summed E-state index contributed by atoms with van der Waals surface area (Å²) in [6.45, 7) is 0.